The maximum absolute atomic E-state index is 13.8. The molecule has 2 saturated carbocycles. The van der Waals surface area contributed by atoms with E-state index in [1.165, 1.54) is 4.90 Å². The molecule has 0 spiro atoms. The topological polar surface area (TPSA) is 124 Å². The van der Waals surface area contributed by atoms with Crippen LogP contribution in [0.2, 0.25) is 0 Å². The minimum atomic E-state index is -0.761. The number of hydrogen-bond acceptors (Lipinski definition) is 6. The first-order chi connectivity index (χ1) is 15.6. The molecule has 3 aliphatic rings. The van der Waals surface area contributed by atoms with E-state index >= 15 is 0 Å². The van der Waals surface area contributed by atoms with Gasteiger partial charge in [-0.05, 0) is 31.1 Å². The van der Waals surface area contributed by atoms with E-state index in [2.05, 4.69) is 21.7 Å². The van der Waals surface area contributed by atoms with Crippen molar-refractivity contribution < 1.29 is 14.7 Å². The van der Waals surface area contributed by atoms with Crippen LogP contribution >= 0.6 is 0 Å². The Morgan fingerprint density at radius 1 is 1.30 bits per heavy atom. The summed E-state index contributed by atoms with van der Waals surface area (Å²) in [5.41, 5.74) is -0.0943. The highest BCUT2D eigenvalue weighted by atomic mass is 16.3. The highest BCUT2D eigenvalue weighted by Crippen LogP contribution is 2.40. The third kappa shape index (κ3) is 5.06. The zero-order valence-electron chi connectivity index (χ0n) is 20.0. The number of aliphatic hydroxyl groups excluding tert-OH is 1. The van der Waals surface area contributed by atoms with Crippen LogP contribution in [-0.4, -0.2) is 62.0 Å². The average Bonchev–Trinajstić information content (AvgIpc) is 3.39. The fourth-order valence-corrected chi connectivity index (χ4v) is 5.26. The number of hydrogen-bond donors (Lipinski definition) is 2. The third-order valence-electron chi connectivity index (χ3n) is 7.36. The van der Waals surface area contributed by atoms with E-state index in [1.54, 1.807) is 4.68 Å². The molecule has 2 amide bonds. The van der Waals surface area contributed by atoms with Crippen LogP contribution in [0.25, 0.3) is 0 Å². The fourth-order valence-electron chi connectivity index (χ4n) is 5.26. The second-order valence-corrected chi connectivity index (χ2v) is 11.2. The van der Waals surface area contributed by atoms with Crippen molar-refractivity contribution in [1.82, 2.24) is 25.2 Å². The minimum absolute atomic E-state index is 0.108. The van der Waals surface area contributed by atoms with Gasteiger partial charge in [-0.25, -0.2) is 4.68 Å². The minimum Gasteiger partial charge on any atom is -0.391 e. The highest BCUT2D eigenvalue weighted by molar-refractivity contribution is 5.90. The molecule has 0 radical (unpaired) electrons. The quantitative estimate of drug-likeness (QED) is 0.677. The van der Waals surface area contributed by atoms with Crippen LogP contribution in [0.5, 0.6) is 0 Å². The van der Waals surface area contributed by atoms with Gasteiger partial charge in [0.1, 0.15) is 12.1 Å². The number of nitriles is 1. The van der Waals surface area contributed by atoms with Crippen molar-refractivity contribution >= 4 is 11.8 Å². The van der Waals surface area contributed by atoms with E-state index in [1.807, 2.05) is 27.0 Å². The molecule has 1 saturated heterocycles. The Kier molecular flexibility index (Phi) is 6.50. The maximum atomic E-state index is 13.8. The smallest absolute Gasteiger partial charge is 0.248 e. The number of aliphatic hydroxyl groups is 1. The second-order valence-electron chi connectivity index (χ2n) is 11.2. The van der Waals surface area contributed by atoms with E-state index in [9.17, 15) is 20.0 Å². The Morgan fingerprint density at radius 2 is 2.00 bits per heavy atom. The first kappa shape index (κ1) is 23.7. The van der Waals surface area contributed by atoms with Gasteiger partial charge in [0.25, 0.3) is 0 Å². The predicted octanol–water partition coefficient (Wildman–Crippen LogP) is 2.29. The summed E-state index contributed by atoms with van der Waals surface area (Å²) in [6.07, 6.45) is 8.13. The summed E-state index contributed by atoms with van der Waals surface area (Å²) in [4.78, 5) is 28.4. The molecular weight excluding hydrogens is 420 g/mol. The molecular formula is C24H36N6O3. The van der Waals surface area contributed by atoms with Gasteiger partial charge in [0.2, 0.25) is 11.8 Å². The van der Waals surface area contributed by atoms with Crippen molar-refractivity contribution in [2.45, 2.75) is 96.2 Å². The van der Waals surface area contributed by atoms with Gasteiger partial charge in [0.15, 0.2) is 0 Å². The van der Waals surface area contributed by atoms with Crippen LogP contribution < -0.4 is 5.32 Å². The van der Waals surface area contributed by atoms with Crippen molar-refractivity contribution in [3.63, 3.8) is 0 Å². The van der Waals surface area contributed by atoms with Crippen molar-refractivity contribution in [3.8, 4) is 6.07 Å². The van der Waals surface area contributed by atoms with E-state index in [-0.39, 0.29) is 31.3 Å². The highest BCUT2D eigenvalue weighted by Gasteiger charge is 2.46. The van der Waals surface area contributed by atoms with Gasteiger partial charge in [-0.2, -0.15) is 5.26 Å². The zero-order chi connectivity index (χ0) is 23.8. The zero-order valence-corrected chi connectivity index (χ0v) is 20.0. The number of amides is 2. The van der Waals surface area contributed by atoms with Crippen LogP contribution in [0, 0.1) is 22.2 Å². The number of nitrogens with zero attached hydrogens (tertiary/aromatic N) is 5. The molecule has 180 valence electrons. The number of aromatic nitrogens is 3. The van der Waals surface area contributed by atoms with Crippen molar-refractivity contribution in [3.05, 3.63) is 11.9 Å². The summed E-state index contributed by atoms with van der Waals surface area (Å²) in [7, 11) is 0. The molecule has 2 aliphatic carbocycles. The molecule has 3 fully saturated rings. The monoisotopic (exact) mass is 456 g/mol. The Labute approximate surface area is 195 Å². The number of carbonyl (C=O) groups excluding carboxylic acids is 2. The average molecular weight is 457 g/mol. The third-order valence-corrected chi connectivity index (χ3v) is 7.36. The summed E-state index contributed by atoms with van der Waals surface area (Å²) in [6, 6.07) is 1.02. The molecule has 9 heteroatoms. The summed E-state index contributed by atoms with van der Waals surface area (Å²) in [6.45, 7) is 6.30. The van der Waals surface area contributed by atoms with Crippen LogP contribution in [0.15, 0.2) is 6.20 Å². The molecule has 0 aromatic carbocycles. The van der Waals surface area contributed by atoms with Gasteiger partial charge in [-0.3, -0.25) is 9.59 Å². The van der Waals surface area contributed by atoms with Gasteiger partial charge in [-0.1, -0.05) is 45.2 Å². The van der Waals surface area contributed by atoms with E-state index in [0.717, 1.165) is 50.6 Å². The van der Waals surface area contributed by atoms with Crippen LogP contribution in [0.4, 0.5) is 0 Å². The molecule has 4 rings (SSSR count). The Bertz CT molecular complexity index is 919. The van der Waals surface area contributed by atoms with Crippen LogP contribution in [0.3, 0.4) is 0 Å². The fraction of sp³-hybridized carbons (Fsp3) is 0.792. The SMILES string of the molecule is CC(C)(C)[C@@H](C(=O)N1CC(O)CC1C(=O)NCC1(C#N)CCCCC1)n1cc(C2CC2)nn1. The number of nitrogens with one attached hydrogen (secondary N) is 1. The van der Waals surface area contributed by atoms with Crippen molar-refractivity contribution in [2.24, 2.45) is 10.8 Å². The standard InChI is InChI=1S/C24H36N6O3/c1-23(2,3)20(30-13-18(27-28-30)16-7-8-16)22(33)29-12-17(31)11-19(29)21(32)26-15-24(14-25)9-5-4-6-10-24/h13,16-17,19-20,31H,4-12,15H2,1-3H3,(H,26,32)/t17?,19?,20-/m1/s1. The van der Waals surface area contributed by atoms with Crippen LogP contribution in [-0.2, 0) is 9.59 Å². The van der Waals surface area contributed by atoms with Crippen LogP contribution in [0.1, 0.15) is 89.8 Å². The molecule has 33 heavy (non-hydrogen) atoms. The molecule has 3 atom stereocenters. The van der Waals surface area contributed by atoms with Gasteiger partial charge in [0.05, 0.1) is 23.3 Å². The Balaban J connectivity index is 1.50. The lowest BCUT2D eigenvalue weighted by atomic mass is 9.75. The molecule has 1 aliphatic heterocycles. The molecule has 2 unspecified atom stereocenters. The van der Waals surface area contributed by atoms with E-state index < -0.39 is 29.0 Å². The summed E-state index contributed by atoms with van der Waals surface area (Å²) < 4.78 is 1.63. The van der Waals surface area contributed by atoms with Gasteiger partial charge in [-0.15, -0.1) is 5.10 Å². The van der Waals surface area contributed by atoms with Crippen molar-refractivity contribution in [1.29, 1.82) is 5.26 Å². The number of likely N-dealkylation sites (tertiary alicyclic amines) is 1. The van der Waals surface area contributed by atoms with Crippen molar-refractivity contribution in [2.75, 3.05) is 13.1 Å². The second kappa shape index (κ2) is 9.05. The lowest BCUT2D eigenvalue weighted by molar-refractivity contribution is -0.144. The summed E-state index contributed by atoms with van der Waals surface area (Å²) >= 11 is 0. The molecule has 0 bridgehead atoms. The largest absolute Gasteiger partial charge is 0.391 e. The number of carbonyl (C=O) groups is 2. The maximum Gasteiger partial charge on any atom is 0.248 e. The molecule has 2 heterocycles. The molecule has 1 aromatic heterocycles. The first-order valence-electron chi connectivity index (χ1n) is 12.2. The Hall–Kier alpha value is -2.47. The summed E-state index contributed by atoms with van der Waals surface area (Å²) in [5.74, 6) is -0.113. The van der Waals surface area contributed by atoms with Gasteiger partial charge >= 0.3 is 0 Å². The van der Waals surface area contributed by atoms with Gasteiger partial charge < -0.3 is 15.3 Å². The number of β-amino-alcohol motifs (C(OH)–C–C–N with tert-alkyl or cyclic N) is 1. The molecule has 1 aromatic rings. The Morgan fingerprint density at radius 3 is 2.61 bits per heavy atom. The lowest BCUT2D eigenvalue weighted by Crippen LogP contribution is -2.51. The van der Waals surface area contributed by atoms with E-state index in [4.69, 9.17) is 0 Å². The van der Waals surface area contributed by atoms with Gasteiger partial charge in [0, 0.05) is 31.6 Å². The normalized spacial score (nSPS) is 26.0. The predicted molar refractivity (Wildman–Crippen MR) is 121 cm³/mol. The number of rotatable bonds is 6. The lowest BCUT2D eigenvalue weighted by Gasteiger charge is -2.35. The summed E-state index contributed by atoms with van der Waals surface area (Å²) in [5, 5.41) is 31.5. The molecule has 2 N–H and O–H groups in total. The molecule has 9 nitrogen and oxygen atoms in total. The first-order valence-corrected chi connectivity index (χ1v) is 12.2. The van der Waals surface area contributed by atoms with E-state index in [0.29, 0.717) is 5.92 Å².